The Bertz CT molecular complexity index is 572. The zero-order chi connectivity index (χ0) is 15.6. The van der Waals surface area contributed by atoms with Gasteiger partial charge in [-0.2, -0.15) is 4.31 Å². The lowest BCUT2D eigenvalue weighted by Crippen LogP contribution is -2.39. The van der Waals surface area contributed by atoms with Crippen LogP contribution in [0, 0.1) is 0 Å². The van der Waals surface area contributed by atoms with Gasteiger partial charge in [-0.25, -0.2) is 13.2 Å². The first-order valence-electron chi connectivity index (χ1n) is 5.95. The number of hydrogen-bond acceptors (Lipinski definition) is 5. The number of hydrogen-bond donors (Lipinski definition) is 1. The van der Waals surface area contributed by atoms with Crippen molar-refractivity contribution >= 4 is 16.0 Å². The molecule has 1 aromatic rings. The van der Waals surface area contributed by atoms with Gasteiger partial charge in [-0.05, 0) is 38.1 Å². The molecule has 0 amide bonds. The van der Waals surface area contributed by atoms with E-state index in [4.69, 9.17) is 0 Å². The molecule has 0 atom stereocenters. The predicted molar refractivity (Wildman–Crippen MR) is 73.9 cm³/mol. The number of ether oxygens (including phenoxy) is 1. The van der Waals surface area contributed by atoms with E-state index in [9.17, 15) is 18.3 Å². The lowest BCUT2D eigenvalue weighted by molar-refractivity contribution is 0.0600. The standard InChI is InChI=1S/C13H19NO5S/c1-13(2,16)9-14(3)20(17,18)11-7-5-10(6-8-11)12(15)19-4/h5-8,16H,9H2,1-4H3. The number of carbonyl (C=O) groups is 1. The molecular formula is C13H19NO5S. The second kappa shape index (κ2) is 5.90. The van der Waals surface area contributed by atoms with E-state index >= 15 is 0 Å². The minimum atomic E-state index is -3.70. The molecule has 6 nitrogen and oxygen atoms in total. The van der Waals surface area contributed by atoms with Gasteiger partial charge in [-0.1, -0.05) is 0 Å². The van der Waals surface area contributed by atoms with Crippen LogP contribution in [0.3, 0.4) is 0 Å². The largest absolute Gasteiger partial charge is 0.465 e. The van der Waals surface area contributed by atoms with Gasteiger partial charge in [0.25, 0.3) is 0 Å². The van der Waals surface area contributed by atoms with Crippen LogP contribution >= 0.6 is 0 Å². The van der Waals surface area contributed by atoms with Crippen LogP contribution in [-0.2, 0) is 14.8 Å². The third-order valence-electron chi connectivity index (χ3n) is 2.59. The van der Waals surface area contributed by atoms with Crippen molar-refractivity contribution in [3.05, 3.63) is 29.8 Å². The molecule has 1 N–H and O–H groups in total. The Morgan fingerprint density at radius 1 is 1.30 bits per heavy atom. The molecule has 0 aliphatic heterocycles. The molecule has 20 heavy (non-hydrogen) atoms. The molecule has 0 heterocycles. The second-order valence-corrected chi connectivity index (χ2v) is 7.13. The van der Waals surface area contributed by atoms with Gasteiger partial charge < -0.3 is 9.84 Å². The molecule has 0 unspecified atom stereocenters. The number of benzene rings is 1. The minimum absolute atomic E-state index is 0.0336. The summed E-state index contributed by atoms with van der Waals surface area (Å²) in [6, 6.07) is 5.44. The Hall–Kier alpha value is -1.44. The van der Waals surface area contributed by atoms with Crippen molar-refractivity contribution in [3.63, 3.8) is 0 Å². The van der Waals surface area contributed by atoms with Gasteiger partial charge in [-0.3, -0.25) is 0 Å². The molecule has 7 heteroatoms. The molecule has 0 radical (unpaired) electrons. The molecule has 0 saturated carbocycles. The van der Waals surface area contributed by atoms with Gasteiger partial charge in [0.05, 0.1) is 23.2 Å². The number of aliphatic hydroxyl groups is 1. The number of esters is 1. The predicted octanol–water partition coefficient (Wildman–Crippen LogP) is 0.865. The van der Waals surface area contributed by atoms with Gasteiger partial charge >= 0.3 is 5.97 Å². The van der Waals surface area contributed by atoms with E-state index in [0.717, 1.165) is 4.31 Å². The van der Waals surface area contributed by atoms with E-state index in [1.165, 1.54) is 52.3 Å². The fourth-order valence-corrected chi connectivity index (χ4v) is 3.02. The maximum absolute atomic E-state index is 12.3. The third kappa shape index (κ3) is 4.03. The van der Waals surface area contributed by atoms with E-state index in [-0.39, 0.29) is 17.0 Å². The maximum atomic E-state index is 12.3. The SMILES string of the molecule is COC(=O)c1ccc(S(=O)(=O)N(C)CC(C)(C)O)cc1. The first-order chi connectivity index (χ1) is 9.08. The van der Waals surface area contributed by atoms with Gasteiger partial charge in [0.2, 0.25) is 10.0 Å². The van der Waals surface area contributed by atoms with Crippen molar-refractivity contribution < 1.29 is 23.1 Å². The van der Waals surface area contributed by atoms with Gasteiger partial charge in [-0.15, -0.1) is 0 Å². The number of nitrogens with zero attached hydrogens (tertiary/aromatic N) is 1. The van der Waals surface area contributed by atoms with Crippen molar-refractivity contribution in [2.45, 2.75) is 24.3 Å². The zero-order valence-electron chi connectivity index (χ0n) is 12.0. The number of methoxy groups -OCH3 is 1. The van der Waals surface area contributed by atoms with Crippen molar-refractivity contribution in [2.24, 2.45) is 0 Å². The molecule has 1 aromatic carbocycles. The highest BCUT2D eigenvalue weighted by molar-refractivity contribution is 7.89. The van der Waals surface area contributed by atoms with Crippen LogP contribution in [0.15, 0.2) is 29.2 Å². The van der Waals surface area contributed by atoms with Crippen molar-refractivity contribution in [1.29, 1.82) is 0 Å². The third-order valence-corrected chi connectivity index (χ3v) is 4.41. The van der Waals surface area contributed by atoms with Gasteiger partial charge in [0, 0.05) is 13.6 Å². The average molecular weight is 301 g/mol. The fourth-order valence-electron chi connectivity index (χ4n) is 1.69. The molecule has 0 aliphatic rings. The Kier molecular flexibility index (Phi) is 4.90. The normalized spacial score (nSPS) is 12.5. The molecule has 0 aromatic heterocycles. The van der Waals surface area contributed by atoms with E-state index in [1.54, 1.807) is 0 Å². The Balaban J connectivity index is 3.02. The summed E-state index contributed by atoms with van der Waals surface area (Å²) in [7, 11) is -1.06. The molecular weight excluding hydrogens is 282 g/mol. The lowest BCUT2D eigenvalue weighted by atomic mass is 10.1. The van der Waals surface area contributed by atoms with E-state index < -0.39 is 21.6 Å². The first-order valence-corrected chi connectivity index (χ1v) is 7.39. The maximum Gasteiger partial charge on any atom is 0.337 e. The fraction of sp³-hybridized carbons (Fsp3) is 0.462. The van der Waals surface area contributed by atoms with E-state index in [0.29, 0.717) is 0 Å². The van der Waals surface area contributed by atoms with Crippen LogP contribution in [0.2, 0.25) is 0 Å². The number of carbonyl (C=O) groups excluding carboxylic acids is 1. The van der Waals surface area contributed by atoms with Crippen LogP contribution < -0.4 is 0 Å². The van der Waals surface area contributed by atoms with Gasteiger partial charge in [0.1, 0.15) is 0 Å². The smallest absolute Gasteiger partial charge is 0.337 e. The summed E-state index contributed by atoms with van der Waals surface area (Å²) in [5.41, 5.74) is -0.857. The lowest BCUT2D eigenvalue weighted by Gasteiger charge is -2.25. The van der Waals surface area contributed by atoms with E-state index in [1.807, 2.05) is 0 Å². The highest BCUT2D eigenvalue weighted by atomic mass is 32.2. The highest BCUT2D eigenvalue weighted by Crippen LogP contribution is 2.17. The molecule has 0 bridgehead atoms. The van der Waals surface area contributed by atoms with Crippen LogP contribution in [0.1, 0.15) is 24.2 Å². The van der Waals surface area contributed by atoms with E-state index in [2.05, 4.69) is 4.74 Å². The van der Waals surface area contributed by atoms with Crippen LogP contribution in [-0.4, -0.2) is 50.1 Å². The number of rotatable bonds is 5. The quantitative estimate of drug-likeness (QED) is 0.816. The van der Waals surface area contributed by atoms with Crippen LogP contribution in [0.4, 0.5) is 0 Å². The van der Waals surface area contributed by atoms with Crippen molar-refractivity contribution in [2.75, 3.05) is 20.7 Å². The summed E-state index contributed by atoms with van der Waals surface area (Å²) >= 11 is 0. The Morgan fingerprint density at radius 2 is 1.80 bits per heavy atom. The average Bonchev–Trinajstić information content (AvgIpc) is 2.36. The monoisotopic (exact) mass is 301 g/mol. The van der Waals surface area contributed by atoms with Crippen molar-refractivity contribution in [3.8, 4) is 0 Å². The summed E-state index contributed by atoms with van der Waals surface area (Å²) in [4.78, 5) is 11.3. The first kappa shape index (κ1) is 16.6. The number of sulfonamides is 1. The summed E-state index contributed by atoms with van der Waals surface area (Å²) in [5.74, 6) is -0.529. The summed E-state index contributed by atoms with van der Waals surface area (Å²) < 4.78 is 30.1. The Labute approximate surface area is 119 Å². The molecule has 112 valence electrons. The molecule has 1 rings (SSSR count). The highest BCUT2D eigenvalue weighted by Gasteiger charge is 2.26. The van der Waals surface area contributed by atoms with Crippen molar-refractivity contribution in [1.82, 2.24) is 4.31 Å². The molecule has 0 aliphatic carbocycles. The Morgan fingerprint density at radius 3 is 2.20 bits per heavy atom. The molecule has 0 fully saturated rings. The second-order valence-electron chi connectivity index (χ2n) is 5.09. The van der Waals surface area contributed by atoms with Gasteiger partial charge in [0.15, 0.2) is 0 Å². The minimum Gasteiger partial charge on any atom is -0.465 e. The number of likely N-dealkylation sites (N-methyl/N-ethyl adjacent to an activating group) is 1. The summed E-state index contributed by atoms with van der Waals surface area (Å²) in [5, 5.41) is 9.68. The topological polar surface area (TPSA) is 83.9 Å². The summed E-state index contributed by atoms with van der Waals surface area (Å²) in [6.07, 6.45) is 0. The zero-order valence-corrected chi connectivity index (χ0v) is 12.8. The molecule has 0 spiro atoms. The van der Waals surface area contributed by atoms with Crippen LogP contribution in [0.25, 0.3) is 0 Å². The van der Waals surface area contributed by atoms with Crippen LogP contribution in [0.5, 0.6) is 0 Å². The summed E-state index contributed by atoms with van der Waals surface area (Å²) in [6.45, 7) is 3.02. The molecule has 0 saturated heterocycles.